The highest BCUT2D eigenvalue weighted by molar-refractivity contribution is 6.02. The number of carbonyl (C=O) groups excluding carboxylic acids is 3. The largest absolute Gasteiger partial charge is 0.337 e. The van der Waals surface area contributed by atoms with Crippen molar-refractivity contribution in [1.29, 1.82) is 0 Å². The molecule has 2 aliphatic heterocycles. The number of carbonyl (C=O) groups is 3. The summed E-state index contributed by atoms with van der Waals surface area (Å²) in [5, 5.41) is 8.01. The molecule has 23 heavy (non-hydrogen) atoms. The second-order valence-electron chi connectivity index (χ2n) is 5.85. The minimum absolute atomic E-state index is 0.0870. The Labute approximate surface area is 131 Å². The van der Waals surface area contributed by atoms with Crippen molar-refractivity contribution in [1.82, 2.24) is 24.8 Å². The maximum absolute atomic E-state index is 12.3. The van der Waals surface area contributed by atoms with Crippen molar-refractivity contribution in [3.05, 3.63) is 24.3 Å². The summed E-state index contributed by atoms with van der Waals surface area (Å²) in [5.41, 5.74) is 1.55. The second-order valence-corrected chi connectivity index (χ2v) is 5.85. The molecule has 1 aromatic heterocycles. The van der Waals surface area contributed by atoms with Crippen molar-refractivity contribution < 1.29 is 14.4 Å². The Morgan fingerprint density at radius 2 is 1.83 bits per heavy atom. The molecule has 0 atom stereocenters. The fourth-order valence-corrected chi connectivity index (χ4v) is 3.09. The Morgan fingerprint density at radius 1 is 1.13 bits per heavy atom. The van der Waals surface area contributed by atoms with Crippen molar-refractivity contribution >= 4 is 28.8 Å². The number of imide groups is 1. The van der Waals surface area contributed by atoms with Gasteiger partial charge in [0.15, 0.2) is 0 Å². The summed E-state index contributed by atoms with van der Waals surface area (Å²) < 4.78 is 1.57. The van der Waals surface area contributed by atoms with Gasteiger partial charge in [-0.3, -0.25) is 19.3 Å². The predicted molar refractivity (Wildman–Crippen MR) is 79.0 cm³/mol. The molecule has 0 saturated carbocycles. The predicted octanol–water partition coefficient (Wildman–Crippen LogP) is -0.209. The molecule has 8 nitrogen and oxygen atoms in total. The SMILES string of the molecule is O=C(Cn1nnc2ccccc21)N1CC(N2C(=O)CCC2=O)C1. The summed E-state index contributed by atoms with van der Waals surface area (Å²) in [7, 11) is 0. The quantitative estimate of drug-likeness (QED) is 0.732. The van der Waals surface area contributed by atoms with E-state index in [1.165, 1.54) is 4.90 Å². The first-order chi connectivity index (χ1) is 11.1. The fraction of sp³-hybridized carbons (Fsp3) is 0.400. The van der Waals surface area contributed by atoms with Crippen LogP contribution in [0.1, 0.15) is 12.8 Å². The number of hydrogen-bond acceptors (Lipinski definition) is 5. The van der Waals surface area contributed by atoms with Crippen LogP contribution in [0.15, 0.2) is 24.3 Å². The van der Waals surface area contributed by atoms with Crippen LogP contribution >= 0.6 is 0 Å². The van der Waals surface area contributed by atoms with Crippen LogP contribution in [0.5, 0.6) is 0 Å². The number of aromatic nitrogens is 3. The molecule has 118 valence electrons. The van der Waals surface area contributed by atoms with Gasteiger partial charge >= 0.3 is 0 Å². The topological polar surface area (TPSA) is 88.4 Å². The fourth-order valence-electron chi connectivity index (χ4n) is 3.09. The molecule has 2 aliphatic rings. The lowest BCUT2D eigenvalue weighted by molar-refractivity contribution is -0.152. The summed E-state index contributed by atoms with van der Waals surface area (Å²) in [6, 6.07) is 7.27. The zero-order chi connectivity index (χ0) is 16.0. The third-order valence-electron chi connectivity index (χ3n) is 4.38. The molecule has 2 aromatic rings. The molecule has 4 rings (SSSR count). The first-order valence-electron chi connectivity index (χ1n) is 7.54. The van der Waals surface area contributed by atoms with E-state index in [2.05, 4.69) is 10.3 Å². The van der Waals surface area contributed by atoms with Gasteiger partial charge in [-0.15, -0.1) is 5.10 Å². The van der Waals surface area contributed by atoms with Gasteiger partial charge < -0.3 is 4.90 Å². The maximum atomic E-state index is 12.3. The van der Waals surface area contributed by atoms with Gasteiger partial charge in [-0.05, 0) is 12.1 Å². The molecular formula is C15H15N5O3. The lowest BCUT2D eigenvalue weighted by atomic mass is 10.1. The second kappa shape index (κ2) is 5.15. The van der Waals surface area contributed by atoms with Crippen LogP contribution in [0, 0.1) is 0 Å². The average molecular weight is 313 g/mol. The third-order valence-corrected chi connectivity index (χ3v) is 4.38. The van der Waals surface area contributed by atoms with Crippen LogP contribution in [0.25, 0.3) is 11.0 Å². The van der Waals surface area contributed by atoms with Crippen molar-refractivity contribution in [2.45, 2.75) is 25.4 Å². The van der Waals surface area contributed by atoms with Gasteiger partial charge in [-0.25, -0.2) is 4.68 Å². The maximum Gasteiger partial charge on any atom is 0.244 e. The van der Waals surface area contributed by atoms with E-state index >= 15 is 0 Å². The van der Waals surface area contributed by atoms with E-state index in [4.69, 9.17) is 0 Å². The molecule has 2 fully saturated rings. The van der Waals surface area contributed by atoms with Gasteiger partial charge in [0.25, 0.3) is 0 Å². The number of para-hydroxylation sites is 1. The minimum Gasteiger partial charge on any atom is -0.337 e. The Hall–Kier alpha value is -2.77. The molecule has 0 bridgehead atoms. The average Bonchev–Trinajstić information content (AvgIpc) is 3.04. The third kappa shape index (κ3) is 2.26. The molecule has 0 radical (unpaired) electrons. The molecule has 8 heteroatoms. The van der Waals surface area contributed by atoms with Crippen LogP contribution < -0.4 is 0 Å². The minimum atomic E-state index is -0.172. The number of fused-ring (bicyclic) bond motifs is 1. The number of rotatable bonds is 3. The van der Waals surface area contributed by atoms with Gasteiger partial charge in [0.05, 0.1) is 11.6 Å². The molecule has 2 saturated heterocycles. The first-order valence-corrected chi connectivity index (χ1v) is 7.54. The smallest absolute Gasteiger partial charge is 0.244 e. The van der Waals surface area contributed by atoms with Crippen molar-refractivity contribution in [3.63, 3.8) is 0 Å². The Kier molecular flexibility index (Phi) is 3.10. The van der Waals surface area contributed by atoms with E-state index in [1.807, 2.05) is 24.3 Å². The first kappa shape index (κ1) is 13.9. The monoisotopic (exact) mass is 313 g/mol. The van der Waals surface area contributed by atoms with Crippen LogP contribution in [0.2, 0.25) is 0 Å². The van der Waals surface area contributed by atoms with Gasteiger partial charge in [-0.1, -0.05) is 17.3 Å². The van der Waals surface area contributed by atoms with E-state index in [0.29, 0.717) is 13.1 Å². The molecular weight excluding hydrogens is 298 g/mol. The number of likely N-dealkylation sites (tertiary alicyclic amines) is 2. The molecule has 3 amide bonds. The molecule has 3 heterocycles. The van der Waals surface area contributed by atoms with Crippen molar-refractivity contribution in [2.75, 3.05) is 13.1 Å². The zero-order valence-corrected chi connectivity index (χ0v) is 12.4. The van der Waals surface area contributed by atoms with E-state index < -0.39 is 0 Å². The van der Waals surface area contributed by atoms with Crippen LogP contribution in [0.4, 0.5) is 0 Å². The van der Waals surface area contributed by atoms with Crippen LogP contribution in [-0.4, -0.2) is 61.6 Å². The van der Waals surface area contributed by atoms with Crippen molar-refractivity contribution in [3.8, 4) is 0 Å². The summed E-state index contributed by atoms with van der Waals surface area (Å²) >= 11 is 0. The van der Waals surface area contributed by atoms with E-state index in [9.17, 15) is 14.4 Å². The number of benzene rings is 1. The number of amides is 3. The summed E-state index contributed by atoms with van der Waals surface area (Å²) in [4.78, 5) is 38.6. The highest BCUT2D eigenvalue weighted by atomic mass is 16.2. The molecule has 0 N–H and O–H groups in total. The summed E-state index contributed by atoms with van der Waals surface area (Å²) in [6.07, 6.45) is 0.572. The number of hydrogen-bond donors (Lipinski definition) is 0. The van der Waals surface area contributed by atoms with E-state index in [0.717, 1.165) is 11.0 Å². The standard InChI is InChI=1S/C15H15N5O3/c21-13-5-6-14(22)20(13)10-7-18(8-10)15(23)9-19-12-4-2-1-3-11(12)16-17-19/h1-4,10H,5-9H2. The van der Waals surface area contributed by atoms with Crippen molar-refractivity contribution in [2.24, 2.45) is 0 Å². The number of nitrogens with zero attached hydrogens (tertiary/aromatic N) is 5. The summed E-state index contributed by atoms with van der Waals surface area (Å²) in [5.74, 6) is -0.347. The lowest BCUT2D eigenvalue weighted by Crippen LogP contribution is -2.62. The van der Waals surface area contributed by atoms with E-state index in [1.54, 1.807) is 9.58 Å². The Balaban J connectivity index is 1.40. The van der Waals surface area contributed by atoms with Crippen LogP contribution in [-0.2, 0) is 20.9 Å². The highest BCUT2D eigenvalue weighted by Crippen LogP contribution is 2.22. The normalized spacial score (nSPS) is 18.8. The van der Waals surface area contributed by atoms with Crippen LogP contribution in [0.3, 0.4) is 0 Å². The molecule has 0 spiro atoms. The zero-order valence-electron chi connectivity index (χ0n) is 12.4. The molecule has 0 unspecified atom stereocenters. The van der Waals surface area contributed by atoms with E-state index in [-0.39, 0.29) is 43.1 Å². The Morgan fingerprint density at radius 3 is 2.57 bits per heavy atom. The highest BCUT2D eigenvalue weighted by Gasteiger charge is 2.42. The molecule has 1 aromatic carbocycles. The Bertz CT molecular complexity index is 792. The van der Waals surface area contributed by atoms with Gasteiger partial charge in [0, 0.05) is 25.9 Å². The molecule has 0 aliphatic carbocycles. The summed E-state index contributed by atoms with van der Waals surface area (Å²) in [6.45, 7) is 0.918. The van der Waals surface area contributed by atoms with Gasteiger partial charge in [0.1, 0.15) is 12.1 Å². The van der Waals surface area contributed by atoms with Gasteiger partial charge in [0.2, 0.25) is 17.7 Å². The van der Waals surface area contributed by atoms with Gasteiger partial charge in [-0.2, -0.15) is 0 Å². The lowest BCUT2D eigenvalue weighted by Gasteiger charge is -2.42.